The number of benzene rings is 11. The van der Waals surface area contributed by atoms with Gasteiger partial charge >= 0.3 is 0 Å². The highest BCUT2D eigenvalue weighted by atomic mass is 15.1. The van der Waals surface area contributed by atoms with Gasteiger partial charge in [0.05, 0.1) is 0 Å². The van der Waals surface area contributed by atoms with E-state index in [1.54, 1.807) is 0 Å². The average molecular weight is 802 g/mol. The molecule has 0 bridgehead atoms. The Bertz CT molecular complexity index is 3180. The summed E-state index contributed by atoms with van der Waals surface area (Å²) in [5, 5.41) is 4.92. The van der Waals surface area contributed by atoms with Crippen LogP contribution in [0.3, 0.4) is 0 Å². The van der Waals surface area contributed by atoms with Crippen LogP contribution < -0.4 is 4.90 Å². The molecule has 0 aliphatic heterocycles. The lowest BCUT2D eigenvalue weighted by atomic mass is 9.85. The van der Waals surface area contributed by atoms with Crippen LogP contribution in [0.5, 0.6) is 0 Å². The summed E-state index contributed by atoms with van der Waals surface area (Å²) in [5.74, 6) is 0. The second kappa shape index (κ2) is 16.7. The molecule has 0 amide bonds. The first kappa shape index (κ1) is 37.7. The second-order valence-corrected chi connectivity index (χ2v) is 16.1. The maximum atomic E-state index is 2.39. The highest BCUT2D eigenvalue weighted by Gasteiger charge is 2.20. The number of anilines is 3. The maximum absolute atomic E-state index is 2.39. The lowest BCUT2D eigenvalue weighted by Crippen LogP contribution is -2.10. The molecule has 11 aromatic rings. The lowest BCUT2D eigenvalue weighted by molar-refractivity contribution is 1.29. The molecule has 0 spiro atoms. The van der Waals surface area contributed by atoms with Crippen LogP contribution in [0, 0.1) is 0 Å². The Hall–Kier alpha value is -8.26. The average Bonchev–Trinajstić information content (AvgIpc) is 3.37. The SMILES string of the molecule is c1ccc(-c2ccc(-c3ccc(N(c4ccc(-c5ccc(-c6ccccc6)cc5)cc4)c4ccc5c(-c6ccccc6)c(-c6ccccc6)c6ccccc6c5c4)cc3)cc2)cc1. The van der Waals surface area contributed by atoms with E-state index in [0.717, 1.165) is 17.1 Å². The van der Waals surface area contributed by atoms with Crippen LogP contribution in [0.4, 0.5) is 17.1 Å². The molecule has 0 fully saturated rings. The summed E-state index contributed by atoms with van der Waals surface area (Å²) in [6, 6.07) is 94.5. The van der Waals surface area contributed by atoms with Crippen molar-refractivity contribution < 1.29 is 0 Å². The molecule has 0 saturated carbocycles. The highest BCUT2D eigenvalue weighted by molar-refractivity contribution is 6.22. The van der Waals surface area contributed by atoms with Crippen LogP contribution in [-0.2, 0) is 0 Å². The van der Waals surface area contributed by atoms with E-state index in [9.17, 15) is 0 Å². The van der Waals surface area contributed by atoms with E-state index in [4.69, 9.17) is 0 Å². The minimum atomic E-state index is 1.09. The van der Waals surface area contributed by atoms with E-state index in [1.807, 2.05) is 0 Å². The predicted octanol–water partition coefficient (Wildman–Crippen LogP) is 17.5. The van der Waals surface area contributed by atoms with Crippen LogP contribution in [0.25, 0.3) is 88.3 Å². The quantitative estimate of drug-likeness (QED) is 0.131. The van der Waals surface area contributed by atoms with Gasteiger partial charge in [0.15, 0.2) is 0 Å². The first-order chi connectivity index (χ1) is 31.2. The molecule has 1 heteroatoms. The molecule has 0 saturated heterocycles. The zero-order valence-electron chi connectivity index (χ0n) is 34.8. The zero-order chi connectivity index (χ0) is 42.0. The summed E-state index contributed by atoms with van der Waals surface area (Å²) >= 11 is 0. The topological polar surface area (TPSA) is 3.24 Å². The third-order valence-corrected chi connectivity index (χ3v) is 12.3. The Labute approximate surface area is 369 Å². The molecular weight excluding hydrogens is 759 g/mol. The van der Waals surface area contributed by atoms with E-state index in [-0.39, 0.29) is 0 Å². The molecule has 0 atom stereocenters. The van der Waals surface area contributed by atoms with Crippen molar-refractivity contribution in [1.29, 1.82) is 0 Å². The normalized spacial score (nSPS) is 11.2. The third-order valence-electron chi connectivity index (χ3n) is 12.3. The summed E-state index contributed by atoms with van der Waals surface area (Å²) in [5.41, 5.74) is 17.8. The van der Waals surface area contributed by atoms with Crippen molar-refractivity contribution in [3.8, 4) is 66.8 Å². The molecule has 0 radical (unpaired) electrons. The maximum Gasteiger partial charge on any atom is 0.0468 e. The largest absolute Gasteiger partial charge is 0.310 e. The predicted molar refractivity (Wildman–Crippen MR) is 269 cm³/mol. The molecule has 296 valence electrons. The Kier molecular flexibility index (Phi) is 9.97. The number of hydrogen-bond donors (Lipinski definition) is 0. The molecule has 0 unspecified atom stereocenters. The Morgan fingerprint density at radius 1 is 0.175 bits per heavy atom. The van der Waals surface area contributed by atoms with Crippen LogP contribution in [0.2, 0.25) is 0 Å². The van der Waals surface area contributed by atoms with Crippen molar-refractivity contribution >= 4 is 38.6 Å². The van der Waals surface area contributed by atoms with Gasteiger partial charge in [-0.05, 0) is 125 Å². The third kappa shape index (κ3) is 7.37. The van der Waals surface area contributed by atoms with Crippen LogP contribution in [0.15, 0.2) is 261 Å². The smallest absolute Gasteiger partial charge is 0.0468 e. The van der Waals surface area contributed by atoms with E-state index in [1.165, 1.54) is 88.3 Å². The van der Waals surface area contributed by atoms with Gasteiger partial charge in [-0.1, -0.05) is 224 Å². The number of rotatable bonds is 9. The fraction of sp³-hybridized carbons (Fsp3) is 0. The molecule has 0 aromatic heterocycles. The number of hydrogen-bond acceptors (Lipinski definition) is 1. The molecular formula is C62H43N. The zero-order valence-corrected chi connectivity index (χ0v) is 34.8. The van der Waals surface area contributed by atoms with Gasteiger partial charge in [-0.3, -0.25) is 0 Å². The summed E-state index contributed by atoms with van der Waals surface area (Å²) in [4.78, 5) is 2.39. The fourth-order valence-corrected chi connectivity index (χ4v) is 9.15. The van der Waals surface area contributed by atoms with Gasteiger partial charge in [0.2, 0.25) is 0 Å². The molecule has 11 aromatic carbocycles. The van der Waals surface area contributed by atoms with Gasteiger partial charge in [0.25, 0.3) is 0 Å². The monoisotopic (exact) mass is 801 g/mol. The van der Waals surface area contributed by atoms with Crippen molar-refractivity contribution in [3.05, 3.63) is 261 Å². The van der Waals surface area contributed by atoms with Crippen molar-refractivity contribution in [2.24, 2.45) is 0 Å². The summed E-state index contributed by atoms with van der Waals surface area (Å²) < 4.78 is 0. The minimum Gasteiger partial charge on any atom is -0.310 e. The summed E-state index contributed by atoms with van der Waals surface area (Å²) in [6.45, 7) is 0. The Balaban J connectivity index is 1.04. The van der Waals surface area contributed by atoms with Crippen LogP contribution in [-0.4, -0.2) is 0 Å². The highest BCUT2D eigenvalue weighted by Crippen LogP contribution is 2.47. The van der Waals surface area contributed by atoms with Gasteiger partial charge in [-0.15, -0.1) is 0 Å². The molecule has 1 nitrogen and oxygen atoms in total. The van der Waals surface area contributed by atoms with Crippen molar-refractivity contribution in [1.82, 2.24) is 0 Å². The van der Waals surface area contributed by atoms with Crippen molar-refractivity contribution in [2.75, 3.05) is 4.90 Å². The molecule has 63 heavy (non-hydrogen) atoms. The molecule has 0 aliphatic rings. The fourth-order valence-electron chi connectivity index (χ4n) is 9.15. The Morgan fingerprint density at radius 2 is 0.444 bits per heavy atom. The first-order valence-electron chi connectivity index (χ1n) is 21.7. The van der Waals surface area contributed by atoms with E-state index < -0.39 is 0 Å². The van der Waals surface area contributed by atoms with Gasteiger partial charge < -0.3 is 4.90 Å². The van der Waals surface area contributed by atoms with Gasteiger partial charge in [0.1, 0.15) is 0 Å². The van der Waals surface area contributed by atoms with E-state index >= 15 is 0 Å². The van der Waals surface area contributed by atoms with Crippen LogP contribution in [0.1, 0.15) is 0 Å². The number of fused-ring (bicyclic) bond motifs is 3. The summed E-state index contributed by atoms with van der Waals surface area (Å²) in [6.07, 6.45) is 0. The standard InChI is InChI=1S/C62H43N/c1-5-15-44(16-6-1)46-25-29-48(30-26-46)50-33-37-54(38-34-50)63(55-39-35-51(36-40-55)49-31-27-47(28-32-49)45-17-7-2-8-18-45)56-41-42-59-60(43-56)57-23-13-14-24-58(57)61(52-19-9-3-10-20-52)62(59)53-21-11-4-12-22-53/h1-43H. The molecule has 0 aliphatic carbocycles. The Morgan fingerprint density at radius 3 is 0.825 bits per heavy atom. The van der Waals surface area contributed by atoms with Crippen molar-refractivity contribution in [2.45, 2.75) is 0 Å². The number of nitrogens with zero attached hydrogens (tertiary/aromatic N) is 1. The molecule has 0 N–H and O–H groups in total. The van der Waals surface area contributed by atoms with E-state index in [2.05, 4.69) is 266 Å². The van der Waals surface area contributed by atoms with Crippen LogP contribution >= 0.6 is 0 Å². The van der Waals surface area contributed by atoms with Gasteiger partial charge in [-0.25, -0.2) is 0 Å². The van der Waals surface area contributed by atoms with Gasteiger partial charge in [-0.2, -0.15) is 0 Å². The molecule has 0 heterocycles. The second-order valence-electron chi connectivity index (χ2n) is 16.1. The van der Waals surface area contributed by atoms with E-state index in [0.29, 0.717) is 0 Å². The summed E-state index contributed by atoms with van der Waals surface area (Å²) in [7, 11) is 0. The molecule has 11 rings (SSSR count). The first-order valence-corrected chi connectivity index (χ1v) is 21.7. The van der Waals surface area contributed by atoms with Crippen molar-refractivity contribution in [3.63, 3.8) is 0 Å². The lowest BCUT2D eigenvalue weighted by Gasteiger charge is -2.27. The minimum absolute atomic E-state index is 1.09. The van der Waals surface area contributed by atoms with Gasteiger partial charge in [0, 0.05) is 17.1 Å².